The normalized spacial score (nSPS) is 10.6. The molecule has 0 radical (unpaired) electrons. The standard InChI is InChI=1S/C22H21N3OS.ClH.H2O/c1-2-6-21-20(5-1)24-22(27-21)12-9-18-7-10-19(11-8-18)26-16-4-3-14-25-15-13-23-17-25;;/h1-2,5-13,15,17H,3-4,14,16H2;1H;1H2/b12-9+;;. The SMILES string of the molecule is C(=C\c1nc2ccccc2s1)/c1ccc(OCCCCn2ccnc2)cc1.Cl.O. The summed E-state index contributed by atoms with van der Waals surface area (Å²) < 4.78 is 9.13. The lowest BCUT2D eigenvalue weighted by Gasteiger charge is -2.06. The summed E-state index contributed by atoms with van der Waals surface area (Å²) in [5, 5.41) is 1.02. The number of imidazole rings is 1. The highest BCUT2D eigenvalue weighted by Crippen LogP contribution is 2.23. The van der Waals surface area contributed by atoms with E-state index in [4.69, 9.17) is 4.74 Å². The summed E-state index contributed by atoms with van der Waals surface area (Å²) in [6, 6.07) is 16.4. The summed E-state index contributed by atoms with van der Waals surface area (Å²) in [5.74, 6) is 0.912. The number of aryl methyl sites for hydroxylation is 1. The van der Waals surface area contributed by atoms with Crippen molar-refractivity contribution in [2.75, 3.05) is 6.61 Å². The van der Waals surface area contributed by atoms with Crippen LogP contribution in [-0.2, 0) is 6.54 Å². The van der Waals surface area contributed by atoms with E-state index in [-0.39, 0.29) is 17.9 Å². The predicted octanol–water partition coefficient (Wildman–Crippen LogP) is 5.12. The van der Waals surface area contributed by atoms with E-state index in [9.17, 15) is 0 Å². The molecule has 0 unspecified atom stereocenters. The summed E-state index contributed by atoms with van der Waals surface area (Å²) in [4.78, 5) is 8.67. The lowest BCUT2D eigenvalue weighted by Crippen LogP contribution is -2.00. The lowest BCUT2D eigenvalue weighted by molar-refractivity contribution is 0.303. The van der Waals surface area contributed by atoms with Crippen molar-refractivity contribution in [3.8, 4) is 5.75 Å². The molecule has 0 amide bonds. The van der Waals surface area contributed by atoms with Gasteiger partial charge in [0.2, 0.25) is 0 Å². The van der Waals surface area contributed by atoms with Crippen LogP contribution >= 0.6 is 23.7 Å². The first-order valence-corrected chi connectivity index (χ1v) is 9.91. The van der Waals surface area contributed by atoms with Gasteiger partial charge in [0.1, 0.15) is 10.8 Å². The monoisotopic (exact) mass is 429 g/mol. The first-order valence-electron chi connectivity index (χ1n) is 9.09. The van der Waals surface area contributed by atoms with E-state index in [0.717, 1.165) is 47.8 Å². The van der Waals surface area contributed by atoms with Gasteiger partial charge in [-0.2, -0.15) is 0 Å². The third-order valence-electron chi connectivity index (χ3n) is 4.25. The third kappa shape index (κ3) is 6.42. The molecule has 2 aromatic carbocycles. The third-order valence-corrected chi connectivity index (χ3v) is 5.25. The van der Waals surface area contributed by atoms with Gasteiger partial charge in [-0.15, -0.1) is 23.7 Å². The molecular formula is C22H24ClN3O2S. The molecular weight excluding hydrogens is 406 g/mol. The minimum Gasteiger partial charge on any atom is -0.494 e. The van der Waals surface area contributed by atoms with Gasteiger partial charge < -0.3 is 14.8 Å². The summed E-state index contributed by atoms with van der Waals surface area (Å²) in [7, 11) is 0. The van der Waals surface area contributed by atoms with E-state index >= 15 is 0 Å². The Kier molecular flexibility index (Phi) is 8.86. The smallest absolute Gasteiger partial charge is 0.119 e. The van der Waals surface area contributed by atoms with Gasteiger partial charge in [0.15, 0.2) is 0 Å². The fourth-order valence-corrected chi connectivity index (χ4v) is 3.68. The fourth-order valence-electron chi connectivity index (χ4n) is 2.81. The molecule has 0 fully saturated rings. The largest absolute Gasteiger partial charge is 0.494 e. The Balaban J connectivity index is 0.00000150. The van der Waals surface area contributed by atoms with E-state index in [1.54, 1.807) is 11.3 Å². The van der Waals surface area contributed by atoms with Gasteiger partial charge >= 0.3 is 0 Å². The number of para-hydroxylation sites is 1. The second-order valence-electron chi connectivity index (χ2n) is 6.28. The maximum Gasteiger partial charge on any atom is 0.119 e. The van der Waals surface area contributed by atoms with E-state index in [1.807, 2.05) is 49.1 Å². The number of aromatic nitrogens is 3. The highest BCUT2D eigenvalue weighted by Gasteiger charge is 2.00. The van der Waals surface area contributed by atoms with E-state index in [2.05, 4.69) is 44.9 Å². The Hall–Kier alpha value is -2.67. The zero-order valence-electron chi connectivity index (χ0n) is 15.9. The molecule has 0 aliphatic carbocycles. The molecule has 2 aromatic heterocycles. The highest BCUT2D eigenvalue weighted by atomic mass is 35.5. The number of benzene rings is 2. The van der Waals surface area contributed by atoms with Gasteiger partial charge in [-0.05, 0) is 48.7 Å². The molecule has 5 nitrogen and oxygen atoms in total. The number of nitrogens with zero attached hydrogens (tertiary/aromatic N) is 3. The predicted molar refractivity (Wildman–Crippen MR) is 123 cm³/mol. The molecule has 152 valence electrons. The fraction of sp³-hybridized carbons (Fsp3) is 0.182. The Morgan fingerprint density at radius 3 is 2.59 bits per heavy atom. The Morgan fingerprint density at radius 2 is 1.83 bits per heavy atom. The molecule has 29 heavy (non-hydrogen) atoms. The molecule has 0 saturated carbocycles. The minimum atomic E-state index is 0. The van der Waals surface area contributed by atoms with Crippen molar-refractivity contribution in [3.63, 3.8) is 0 Å². The average Bonchev–Trinajstić information content (AvgIpc) is 3.36. The van der Waals surface area contributed by atoms with Crippen LogP contribution in [0.2, 0.25) is 0 Å². The first kappa shape index (κ1) is 22.6. The van der Waals surface area contributed by atoms with Crippen LogP contribution in [0, 0.1) is 0 Å². The van der Waals surface area contributed by atoms with Crippen molar-refractivity contribution in [3.05, 3.63) is 77.8 Å². The molecule has 0 aliphatic rings. The van der Waals surface area contributed by atoms with Crippen molar-refractivity contribution < 1.29 is 10.2 Å². The van der Waals surface area contributed by atoms with Crippen molar-refractivity contribution in [2.24, 2.45) is 0 Å². The molecule has 0 atom stereocenters. The van der Waals surface area contributed by atoms with Crippen LogP contribution in [0.25, 0.3) is 22.4 Å². The van der Waals surface area contributed by atoms with Crippen molar-refractivity contribution in [1.82, 2.24) is 14.5 Å². The zero-order chi connectivity index (χ0) is 18.3. The number of hydrogen-bond acceptors (Lipinski definition) is 4. The van der Waals surface area contributed by atoms with Crippen LogP contribution in [0.3, 0.4) is 0 Å². The highest BCUT2D eigenvalue weighted by molar-refractivity contribution is 7.19. The molecule has 0 aliphatic heterocycles. The van der Waals surface area contributed by atoms with Crippen LogP contribution in [0.4, 0.5) is 0 Å². The number of fused-ring (bicyclic) bond motifs is 1. The number of unbranched alkanes of at least 4 members (excludes halogenated alkanes) is 1. The lowest BCUT2D eigenvalue weighted by atomic mass is 10.2. The van der Waals surface area contributed by atoms with Gasteiger partial charge in [-0.3, -0.25) is 0 Å². The van der Waals surface area contributed by atoms with Crippen molar-refractivity contribution >= 4 is 46.1 Å². The van der Waals surface area contributed by atoms with Crippen molar-refractivity contribution in [1.29, 1.82) is 0 Å². The molecule has 4 aromatic rings. The Morgan fingerprint density at radius 1 is 1.00 bits per heavy atom. The molecule has 4 rings (SSSR count). The van der Waals surface area contributed by atoms with Crippen LogP contribution in [-0.4, -0.2) is 26.6 Å². The van der Waals surface area contributed by atoms with Gasteiger partial charge in [-0.25, -0.2) is 9.97 Å². The number of thiazole rings is 1. The topological polar surface area (TPSA) is 71.4 Å². The number of hydrogen-bond donors (Lipinski definition) is 0. The quantitative estimate of drug-likeness (QED) is 0.365. The summed E-state index contributed by atoms with van der Waals surface area (Å²) in [6.45, 7) is 1.72. The van der Waals surface area contributed by atoms with Gasteiger partial charge in [-0.1, -0.05) is 30.3 Å². The maximum atomic E-state index is 5.82. The first-order chi connectivity index (χ1) is 13.4. The summed E-state index contributed by atoms with van der Waals surface area (Å²) >= 11 is 1.71. The average molecular weight is 430 g/mol. The van der Waals surface area contributed by atoms with Crippen LogP contribution < -0.4 is 4.74 Å². The number of ether oxygens (including phenoxy) is 1. The van der Waals surface area contributed by atoms with Crippen LogP contribution in [0.15, 0.2) is 67.3 Å². The van der Waals surface area contributed by atoms with Crippen LogP contribution in [0.1, 0.15) is 23.4 Å². The molecule has 7 heteroatoms. The molecule has 2 N–H and O–H groups in total. The maximum absolute atomic E-state index is 5.82. The zero-order valence-corrected chi connectivity index (χ0v) is 17.5. The molecule has 0 saturated heterocycles. The number of halogens is 1. The second kappa shape index (κ2) is 11.4. The molecule has 0 spiro atoms. The van der Waals surface area contributed by atoms with Gasteiger partial charge in [0.25, 0.3) is 0 Å². The molecule has 0 bridgehead atoms. The Bertz CT molecular complexity index is 981. The number of rotatable bonds is 8. The van der Waals surface area contributed by atoms with E-state index < -0.39 is 0 Å². The summed E-state index contributed by atoms with van der Waals surface area (Å²) in [5.41, 5.74) is 2.20. The molecule has 2 heterocycles. The van der Waals surface area contributed by atoms with Gasteiger partial charge in [0.05, 0.1) is 23.2 Å². The van der Waals surface area contributed by atoms with E-state index in [0.29, 0.717) is 0 Å². The summed E-state index contributed by atoms with van der Waals surface area (Å²) in [6.07, 6.45) is 11.9. The van der Waals surface area contributed by atoms with E-state index in [1.165, 1.54) is 4.70 Å². The van der Waals surface area contributed by atoms with Crippen molar-refractivity contribution in [2.45, 2.75) is 19.4 Å². The van der Waals surface area contributed by atoms with Crippen LogP contribution in [0.5, 0.6) is 5.75 Å². The van der Waals surface area contributed by atoms with Gasteiger partial charge in [0, 0.05) is 18.9 Å². The Labute approximate surface area is 180 Å². The minimum absolute atomic E-state index is 0. The second-order valence-corrected chi connectivity index (χ2v) is 7.34.